The number of fused-ring (bicyclic) bond motifs is 1. The van der Waals surface area contributed by atoms with E-state index in [1.807, 2.05) is 6.07 Å². The molecule has 0 bridgehead atoms. The summed E-state index contributed by atoms with van der Waals surface area (Å²) >= 11 is 6.46. The molecule has 2 aromatic carbocycles. The van der Waals surface area contributed by atoms with Gasteiger partial charge in [-0.05, 0) is 36.8 Å². The molecule has 0 aliphatic rings. The highest BCUT2D eigenvalue weighted by atomic mass is 35.5. The molecule has 0 radical (unpaired) electrons. The maximum atomic E-state index is 13.8. The fraction of sp³-hybridized carbons (Fsp3) is 0.238. The molecule has 0 aliphatic carbocycles. The fourth-order valence-corrected chi connectivity index (χ4v) is 3.68. The van der Waals surface area contributed by atoms with Crippen molar-refractivity contribution < 1.29 is 18.0 Å². The predicted molar refractivity (Wildman–Crippen MR) is 113 cm³/mol. The number of carbonyl (C=O) groups excluding carboxylic acids is 1. The molecule has 0 saturated heterocycles. The van der Waals surface area contributed by atoms with E-state index in [2.05, 4.69) is 25.6 Å². The summed E-state index contributed by atoms with van der Waals surface area (Å²) in [6.07, 6.45) is -2.82. The largest absolute Gasteiger partial charge is 0.417 e. The highest BCUT2D eigenvalue weighted by Gasteiger charge is 2.35. The Kier molecular flexibility index (Phi) is 5.64. The van der Waals surface area contributed by atoms with Crippen molar-refractivity contribution in [2.24, 2.45) is 7.05 Å². The van der Waals surface area contributed by atoms with Crippen molar-refractivity contribution in [1.29, 1.82) is 0 Å². The smallest absolute Gasteiger partial charge is 0.352 e. The van der Waals surface area contributed by atoms with Gasteiger partial charge in [-0.3, -0.25) is 14.6 Å². The maximum absolute atomic E-state index is 13.8. The van der Waals surface area contributed by atoms with Crippen molar-refractivity contribution in [3.8, 4) is 11.4 Å². The summed E-state index contributed by atoms with van der Waals surface area (Å²) in [5.41, 5.74) is 0.254. The number of halogens is 4. The molecule has 0 atom stereocenters. The molecule has 11 heteroatoms. The summed E-state index contributed by atoms with van der Waals surface area (Å²) in [6.45, 7) is 1.99. The van der Waals surface area contributed by atoms with Gasteiger partial charge in [-0.25, -0.2) is 4.98 Å². The van der Waals surface area contributed by atoms with Gasteiger partial charge in [0.15, 0.2) is 5.82 Å². The molecule has 4 aromatic rings. The number of aryl methyl sites for hydroxylation is 1. The lowest BCUT2D eigenvalue weighted by Crippen LogP contribution is -2.23. The number of rotatable bonds is 5. The Morgan fingerprint density at radius 1 is 1.25 bits per heavy atom. The van der Waals surface area contributed by atoms with Gasteiger partial charge in [0.1, 0.15) is 5.82 Å². The first-order chi connectivity index (χ1) is 15.2. The van der Waals surface area contributed by atoms with E-state index in [0.717, 1.165) is 22.5 Å². The number of nitrogens with zero attached hydrogens (tertiary/aromatic N) is 4. The zero-order chi connectivity index (χ0) is 23.0. The standard InChI is InChI=1S/C21H18ClF3N6O/c1-3-26-20(32)12-4-6-13(15(8-12)21(23,24)25)19-28-17(31(2)30-19)9-11-5-7-16-14(18(11)22)10-27-29-16/h4-8,10H,3,9H2,1-2H3,(H,26,32)(H,27,29). The van der Waals surface area contributed by atoms with Gasteiger partial charge in [0.25, 0.3) is 5.91 Å². The van der Waals surface area contributed by atoms with Gasteiger partial charge in [-0.2, -0.15) is 23.4 Å². The normalized spacial score (nSPS) is 11.8. The molecule has 1 amide bonds. The van der Waals surface area contributed by atoms with Crippen LogP contribution in [0.15, 0.2) is 36.5 Å². The van der Waals surface area contributed by atoms with Crippen molar-refractivity contribution in [3.63, 3.8) is 0 Å². The lowest BCUT2D eigenvalue weighted by atomic mass is 10.0. The van der Waals surface area contributed by atoms with E-state index in [4.69, 9.17) is 11.6 Å². The van der Waals surface area contributed by atoms with Crippen LogP contribution in [0, 0.1) is 0 Å². The number of benzene rings is 2. The average molecular weight is 463 g/mol. The molecule has 4 rings (SSSR count). The molecule has 2 heterocycles. The van der Waals surface area contributed by atoms with Gasteiger partial charge in [-0.1, -0.05) is 17.7 Å². The summed E-state index contributed by atoms with van der Waals surface area (Å²) < 4.78 is 42.7. The van der Waals surface area contributed by atoms with Crippen molar-refractivity contribution in [2.45, 2.75) is 19.5 Å². The molecule has 0 saturated carbocycles. The second kappa shape index (κ2) is 8.27. The second-order valence-electron chi connectivity index (χ2n) is 7.14. The van der Waals surface area contributed by atoms with Crippen LogP contribution in [-0.4, -0.2) is 37.4 Å². The minimum absolute atomic E-state index is 0.0840. The van der Waals surface area contributed by atoms with Crippen molar-refractivity contribution in [3.05, 3.63) is 64.1 Å². The summed E-state index contributed by atoms with van der Waals surface area (Å²) in [5, 5.41) is 14.7. The molecule has 32 heavy (non-hydrogen) atoms. The van der Waals surface area contributed by atoms with Crippen molar-refractivity contribution in [1.82, 2.24) is 30.3 Å². The summed E-state index contributed by atoms with van der Waals surface area (Å²) in [4.78, 5) is 16.3. The van der Waals surface area contributed by atoms with Gasteiger partial charge >= 0.3 is 6.18 Å². The molecule has 0 fully saturated rings. The Morgan fingerprint density at radius 3 is 2.75 bits per heavy atom. The van der Waals surface area contributed by atoms with Crippen LogP contribution in [0.1, 0.15) is 34.2 Å². The van der Waals surface area contributed by atoms with Crippen molar-refractivity contribution in [2.75, 3.05) is 6.54 Å². The Labute approximate surface area is 185 Å². The Bertz CT molecular complexity index is 1310. The maximum Gasteiger partial charge on any atom is 0.417 e. The van der Waals surface area contributed by atoms with Crippen LogP contribution in [0.4, 0.5) is 13.2 Å². The van der Waals surface area contributed by atoms with E-state index in [0.29, 0.717) is 17.4 Å². The minimum Gasteiger partial charge on any atom is -0.352 e. The van der Waals surface area contributed by atoms with E-state index < -0.39 is 17.6 Å². The van der Waals surface area contributed by atoms with Crippen LogP contribution in [0.3, 0.4) is 0 Å². The molecule has 0 aliphatic heterocycles. The van der Waals surface area contributed by atoms with E-state index >= 15 is 0 Å². The molecule has 166 valence electrons. The third-order valence-corrected chi connectivity index (χ3v) is 5.45. The van der Waals surface area contributed by atoms with Crippen LogP contribution < -0.4 is 5.32 Å². The lowest BCUT2D eigenvalue weighted by molar-refractivity contribution is -0.137. The first kappa shape index (κ1) is 21.8. The van der Waals surface area contributed by atoms with Crippen LogP contribution in [0.5, 0.6) is 0 Å². The van der Waals surface area contributed by atoms with Gasteiger partial charge in [0.2, 0.25) is 0 Å². The van der Waals surface area contributed by atoms with Gasteiger partial charge in [0, 0.05) is 36.5 Å². The average Bonchev–Trinajstić information content (AvgIpc) is 3.36. The number of nitrogens with one attached hydrogen (secondary N) is 2. The summed E-state index contributed by atoms with van der Waals surface area (Å²) in [6, 6.07) is 6.99. The summed E-state index contributed by atoms with van der Waals surface area (Å²) in [5.74, 6) is -0.230. The van der Waals surface area contributed by atoms with Crippen molar-refractivity contribution >= 4 is 28.4 Å². The molecule has 2 N–H and O–H groups in total. The molecule has 0 unspecified atom stereocenters. The molecule has 2 aromatic heterocycles. The number of hydrogen-bond donors (Lipinski definition) is 2. The minimum atomic E-state index is -4.69. The van der Waals surface area contributed by atoms with E-state index in [9.17, 15) is 18.0 Å². The highest BCUT2D eigenvalue weighted by Crippen LogP contribution is 2.37. The van der Waals surface area contributed by atoms with E-state index in [1.54, 1.807) is 26.2 Å². The van der Waals surface area contributed by atoms with Crippen LogP contribution in [-0.2, 0) is 19.6 Å². The zero-order valence-corrected chi connectivity index (χ0v) is 17.8. The SMILES string of the molecule is CCNC(=O)c1ccc(-c2nc(Cc3ccc4[nH]ncc4c3Cl)n(C)n2)c(C(F)(F)F)c1. The topological polar surface area (TPSA) is 88.5 Å². The first-order valence-corrected chi connectivity index (χ1v) is 10.1. The van der Waals surface area contributed by atoms with Gasteiger partial charge in [0.05, 0.1) is 22.3 Å². The predicted octanol–water partition coefficient (Wildman–Crippen LogP) is 4.37. The third-order valence-electron chi connectivity index (χ3n) is 5.01. The second-order valence-corrected chi connectivity index (χ2v) is 7.52. The van der Waals surface area contributed by atoms with Gasteiger partial charge < -0.3 is 5.32 Å². The highest BCUT2D eigenvalue weighted by molar-refractivity contribution is 6.36. The lowest BCUT2D eigenvalue weighted by Gasteiger charge is -2.12. The third kappa shape index (κ3) is 4.05. The number of aromatic amines is 1. The monoisotopic (exact) mass is 462 g/mol. The molecule has 7 nitrogen and oxygen atoms in total. The Balaban J connectivity index is 1.72. The Hall–Kier alpha value is -3.40. The first-order valence-electron chi connectivity index (χ1n) is 9.69. The number of alkyl halides is 3. The Morgan fingerprint density at radius 2 is 2.03 bits per heavy atom. The fourth-order valence-electron chi connectivity index (χ4n) is 3.40. The van der Waals surface area contributed by atoms with E-state index in [1.165, 1.54) is 16.8 Å². The number of carbonyl (C=O) groups is 1. The number of H-pyrrole nitrogens is 1. The van der Waals surface area contributed by atoms with Crippen LogP contribution in [0.25, 0.3) is 22.3 Å². The molecular weight excluding hydrogens is 445 g/mol. The van der Waals surface area contributed by atoms with Crippen LogP contribution >= 0.6 is 11.6 Å². The molecular formula is C21H18ClF3N6O. The number of amides is 1. The quantitative estimate of drug-likeness (QED) is 0.461. The number of aromatic nitrogens is 5. The van der Waals surface area contributed by atoms with Crippen LogP contribution in [0.2, 0.25) is 5.02 Å². The number of hydrogen-bond acceptors (Lipinski definition) is 4. The summed E-state index contributed by atoms with van der Waals surface area (Å²) in [7, 11) is 1.60. The molecule has 0 spiro atoms. The van der Waals surface area contributed by atoms with E-state index in [-0.39, 0.29) is 23.4 Å². The van der Waals surface area contributed by atoms with Gasteiger partial charge in [-0.15, -0.1) is 0 Å². The zero-order valence-electron chi connectivity index (χ0n) is 17.1.